The first-order valence-electron chi connectivity index (χ1n) is 7.69. The lowest BCUT2D eigenvalue weighted by Gasteiger charge is -2.10. The second kappa shape index (κ2) is 5.46. The Bertz CT molecular complexity index is 1310. The molecule has 120 valence electrons. The van der Waals surface area contributed by atoms with Crippen molar-refractivity contribution < 1.29 is 4.42 Å². The molecule has 0 amide bonds. The van der Waals surface area contributed by atoms with Gasteiger partial charge in [-0.25, -0.2) is 0 Å². The van der Waals surface area contributed by atoms with E-state index >= 15 is 0 Å². The molecule has 0 aliphatic heterocycles. The van der Waals surface area contributed by atoms with Crippen LogP contribution in [0.1, 0.15) is 11.3 Å². The first-order chi connectivity index (χ1) is 12.1. The van der Waals surface area contributed by atoms with Gasteiger partial charge in [0.05, 0.1) is 10.8 Å². The molecule has 2 aromatic carbocycles. The van der Waals surface area contributed by atoms with Gasteiger partial charge in [0, 0.05) is 16.8 Å². The van der Waals surface area contributed by atoms with Crippen LogP contribution in [-0.4, -0.2) is 4.98 Å². The summed E-state index contributed by atoms with van der Waals surface area (Å²) in [6.45, 7) is 1.75. The molecule has 0 radical (unpaired) electrons. The van der Waals surface area contributed by atoms with Gasteiger partial charge in [-0.1, -0.05) is 24.3 Å². The van der Waals surface area contributed by atoms with Crippen LogP contribution < -0.4 is 11.0 Å². The van der Waals surface area contributed by atoms with E-state index in [4.69, 9.17) is 9.68 Å². The van der Waals surface area contributed by atoms with E-state index in [1.807, 2.05) is 12.1 Å². The highest BCUT2D eigenvalue weighted by atomic mass is 16.3. The van der Waals surface area contributed by atoms with Gasteiger partial charge in [0.15, 0.2) is 0 Å². The molecule has 2 aromatic heterocycles. The normalized spacial score (nSPS) is 10.9. The molecule has 0 fully saturated rings. The largest absolute Gasteiger partial charge is 0.455 e. The minimum absolute atomic E-state index is 0.0146. The molecular formula is C20H12N2O3. The Morgan fingerprint density at radius 2 is 1.76 bits per heavy atom. The van der Waals surface area contributed by atoms with Gasteiger partial charge in [-0.15, -0.1) is 0 Å². The first kappa shape index (κ1) is 14.9. The molecule has 2 heterocycles. The van der Waals surface area contributed by atoms with Gasteiger partial charge in [0.1, 0.15) is 22.8 Å². The van der Waals surface area contributed by atoms with Crippen molar-refractivity contribution in [2.75, 3.05) is 0 Å². The minimum Gasteiger partial charge on any atom is -0.455 e. The number of H-pyrrole nitrogens is 1. The van der Waals surface area contributed by atoms with Gasteiger partial charge < -0.3 is 9.40 Å². The van der Waals surface area contributed by atoms with Gasteiger partial charge in [0.2, 0.25) is 5.43 Å². The van der Waals surface area contributed by atoms with Crippen molar-refractivity contribution in [1.29, 1.82) is 5.26 Å². The lowest BCUT2D eigenvalue weighted by atomic mass is 9.99. The number of para-hydroxylation sites is 2. The van der Waals surface area contributed by atoms with E-state index in [0.717, 1.165) is 0 Å². The Hall–Kier alpha value is -3.65. The van der Waals surface area contributed by atoms with Crippen LogP contribution in [-0.2, 0) is 0 Å². The van der Waals surface area contributed by atoms with E-state index in [2.05, 4.69) is 4.98 Å². The summed E-state index contributed by atoms with van der Waals surface area (Å²) < 4.78 is 6.00. The zero-order valence-electron chi connectivity index (χ0n) is 13.3. The zero-order chi connectivity index (χ0) is 17.6. The predicted molar refractivity (Wildman–Crippen MR) is 95.5 cm³/mol. The van der Waals surface area contributed by atoms with Crippen molar-refractivity contribution in [2.24, 2.45) is 0 Å². The molecule has 5 nitrogen and oxygen atoms in total. The monoisotopic (exact) mass is 328 g/mol. The lowest BCUT2D eigenvalue weighted by Crippen LogP contribution is -2.12. The minimum atomic E-state index is -0.434. The van der Waals surface area contributed by atoms with Crippen molar-refractivity contribution in [3.8, 4) is 17.2 Å². The van der Waals surface area contributed by atoms with Crippen LogP contribution in [0.3, 0.4) is 0 Å². The fourth-order valence-corrected chi connectivity index (χ4v) is 3.02. The van der Waals surface area contributed by atoms with Crippen molar-refractivity contribution in [1.82, 2.24) is 4.98 Å². The molecule has 4 aromatic rings. The number of nitrogens with zero attached hydrogens (tertiary/aromatic N) is 1. The van der Waals surface area contributed by atoms with Crippen molar-refractivity contribution >= 4 is 21.9 Å². The second-order valence-corrected chi connectivity index (χ2v) is 5.77. The number of pyridine rings is 1. The van der Waals surface area contributed by atoms with Crippen LogP contribution in [0.5, 0.6) is 0 Å². The lowest BCUT2D eigenvalue weighted by molar-refractivity contribution is 0.661. The van der Waals surface area contributed by atoms with E-state index in [9.17, 15) is 9.59 Å². The number of rotatable bonds is 1. The average molecular weight is 328 g/mol. The Kier molecular flexibility index (Phi) is 3.26. The highest BCUT2D eigenvalue weighted by Crippen LogP contribution is 2.30. The molecule has 0 saturated carbocycles. The van der Waals surface area contributed by atoms with Gasteiger partial charge in [-0.05, 0) is 31.2 Å². The third-order valence-corrected chi connectivity index (χ3v) is 4.25. The molecule has 1 N–H and O–H groups in total. The van der Waals surface area contributed by atoms with Gasteiger partial charge in [-0.2, -0.15) is 5.26 Å². The number of hydrogen-bond donors (Lipinski definition) is 1. The summed E-state index contributed by atoms with van der Waals surface area (Å²) in [6, 6.07) is 15.8. The highest BCUT2D eigenvalue weighted by molar-refractivity contribution is 5.97. The van der Waals surface area contributed by atoms with Crippen LogP contribution in [0.4, 0.5) is 0 Å². The first-order valence-corrected chi connectivity index (χ1v) is 7.69. The summed E-state index contributed by atoms with van der Waals surface area (Å²) in [5.74, 6) is 0. The highest BCUT2D eigenvalue weighted by Gasteiger charge is 2.15. The number of nitriles is 1. The topological polar surface area (TPSA) is 86.9 Å². The molecule has 0 aliphatic carbocycles. The molecule has 0 spiro atoms. The van der Waals surface area contributed by atoms with Gasteiger partial charge in [-0.3, -0.25) is 9.59 Å². The van der Waals surface area contributed by atoms with Crippen LogP contribution in [0.25, 0.3) is 33.1 Å². The number of aromatic amines is 1. The van der Waals surface area contributed by atoms with E-state index in [1.165, 1.54) is 6.07 Å². The van der Waals surface area contributed by atoms with Gasteiger partial charge in [0.25, 0.3) is 5.56 Å². The van der Waals surface area contributed by atoms with Gasteiger partial charge >= 0.3 is 0 Å². The van der Waals surface area contributed by atoms with E-state index < -0.39 is 5.56 Å². The summed E-state index contributed by atoms with van der Waals surface area (Å²) in [7, 11) is 0. The number of benzene rings is 2. The molecule has 0 saturated heterocycles. The van der Waals surface area contributed by atoms with E-state index in [0.29, 0.717) is 38.8 Å². The molecule has 4 rings (SSSR count). The number of hydrogen-bond acceptors (Lipinski definition) is 4. The second-order valence-electron chi connectivity index (χ2n) is 5.77. The number of nitrogens with one attached hydrogen (secondary N) is 1. The Morgan fingerprint density at radius 3 is 2.56 bits per heavy atom. The molecule has 0 atom stereocenters. The predicted octanol–water partition coefficient (Wildman–Crippen LogP) is 3.48. The smallest absolute Gasteiger partial charge is 0.266 e. The molecule has 0 unspecified atom stereocenters. The SMILES string of the molecule is Cc1[nH]c(=O)c(C#N)cc1-c1cccc2c(=O)c3ccccc3oc12. The summed E-state index contributed by atoms with van der Waals surface area (Å²) in [5.41, 5.74) is 2.32. The van der Waals surface area contributed by atoms with Crippen LogP contribution in [0.15, 0.2) is 62.5 Å². The Labute approximate surface area is 141 Å². The summed E-state index contributed by atoms with van der Waals surface area (Å²) >= 11 is 0. The molecular weight excluding hydrogens is 316 g/mol. The third-order valence-electron chi connectivity index (χ3n) is 4.25. The number of fused-ring (bicyclic) bond motifs is 2. The molecule has 0 bridgehead atoms. The third kappa shape index (κ3) is 2.24. The Morgan fingerprint density at radius 1 is 1.00 bits per heavy atom. The summed E-state index contributed by atoms with van der Waals surface area (Å²) in [4.78, 5) is 27.2. The van der Waals surface area contributed by atoms with Crippen molar-refractivity contribution in [2.45, 2.75) is 6.92 Å². The number of aryl methyl sites for hydroxylation is 1. The van der Waals surface area contributed by atoms with E-state index in [-0.39, 0.29) is 11.0 Å². The average Bonchev–Trinajstić information content (AvgIpc) is 2.62. The Balaban J connectivity index is 2.16. The zero-order valence-corrected chi connectivity index (χ0v) is 13.3. The quantitative estimate of drug-likeness (QED) is 0.542. The maximum absolute atomic E-state index is 12.8. The van der Waals surface area contributed by atoms with Crippen LogP contribution in [0.2, 0.25) is 0 Å². The maximum Gasteiger partial charge on any atom is 0.266 e. The van der Waals surface area contributed by atoms with Crippen molar-refractivity contribution in [3.63, 3.8) is 0 Å². The molecule has 0 aliphatic rings. The van der Waals surface area contributed by atoms with Crippen LogP contribution >= 0.6 is 0 Å². The standard InChI is InChI=1S/C20H12N2O3/c1-11-16(9-12(10-21)20(24)22-11)13-6-4-7-15-18(23)14-5-2-3-8-17(14)25-19(13)15/h2-9H,1H3,(H,22,24). The summed E-state index contributed by atoms with van der Waals surface area (Å²) in [6.07, 6.45) is 0. The number of aromatic nitrogens is 1. The van der Waals surface area contributed by atoms with Crippen LogP contribution in [0, 0.1) is 18.3 Å². The van der Waals surface area contributed by atoms with Crippen molar-refractivity contribution in [3.05, 3.63) is 80.4 Å². The fraction of sp³-hybridized carbons (Fsp3) is 0.0500. The van der Waals surface area contributed by atoms with E-state index in [1.54, 1.807) is 43.3 Å². The summed E-state index contributed by atoms with van der Waals surface area (Å²) in [5, 5.41) is 10.1. The molecule has 5 heteroatoms. The molecule has 25 heavy (non-hydrogen) atoms. The maximum atomic E-state index is 12.8. The fourth-order valence-electron chi connectivity index (χ4n) is 3.02.